The van der Waals surface area contributed by atoms with Crippen molar-refractivity contribution in [3.63, 3.8) is 0 Å². The number of carboxylic acid groups (broad SMARTS) is 1. The van der Waals surface area contributed by atoms with Gasteiger partial charge in [0.15, 0.2) is 5.65 Å². The van der Waals surface area contributed by atoms with E-state index < -0.39 is 23.5 Å². The highest BCUT2D eigenvalue weighted by atomic mass is 16.4. The van der Waals surface area contributed by atoms with Crippen molar-refractivity contribution >= 4 is 22.9 Å². The van der Waals surface area contributed by atoms with Crippen molar-refractivity contribution < 1.29 is 14.7 Å². The van der Waals surface area contributed by atoms with E-state index in [9.17, 15) is 14.4 Å². The smallest absolute Gasteiger partial charge is 0.328 e. The molecular weight excluding hydrogens is 268 g/mol. The summed E-state index contributed by atoms with van der Waals surface area (Å²) in [5.41, 5.74) is -0.211. The Morgan fingerprint density at radius 3 is 2.80 bits per heavy atom. The van der Waals surface area contributed by atoms with Crippen molar-refractivity contribution in [2.24, 2.45) is 7.05 Å². The fraction of sp³-hybridized carbons (Fsp3) is 0.400. The van der Waals surface area contributed by atoms with Crippen LogP contribution in [-0.4, -0.2) is 47.8 Å². The molecule has 20 heavy (non-hydrogen) atoms. The highest BCUT2D eigenvalue weighted by molar-refractivity contribution is 5.82. The maximum atomic E-state index is 12.1. The van der Waals surface area contributed by atoms with Gasteiger partial charge >= 0.3 is 5.97 Å². The summed E-state index contributed by atoms with van der Waals surface area (Å²) in [4.78, 5) is 34.0. The summed E-state index contributed by atoms with van der Waals surface area (Å²) in [6, 6.07) is -1.26. The van der Waals surface area contributed by atoms with Crippen LogP contribution in [0.2, 0.25) is 0 Å². The molecule has 2 aromatic heterocycles. The average molecular weight is 280 g/mol. The molecule has 0 radical (unpaired) electrons. The van der Waals surface area contributed by atoms with Gasteiger partial charge in [0.1, 0.15) is 11.4 Å². The first kappa shape index (κ1) is 13.6. The Morgan fingerprint density at radius 2 is 2.20 bits per heavy atom. The molecule has 1 amide bonds. The minimum absolute atomic E-state index is 0.231. The maximum Gasteiger partial charge on any atom is 0.328 e. The van der Waals surface area contributed by atoms with E-state index in [0.717, 1.165) is 4.68 Å². The van der Waals surface area contributed by atoms with Crippen LogP contribution in [0.25, 0.3) is 11.0 Å². The van der Waals surface area contributed by atoms with Gasteiger partial charge in [0.2, 0.25) is 5.91 Å². The van der Waals surface area contributed by atoms with E-state index >= 15 is 0 Å². The second kappa shape index (κ2) is 5.07. The third-order valence-electron chi connectivity index (χ3n) is 2.65. The van der Waals surface area contributed by atoms with Gasteiger partial charge in [0.05, 0.1) is 12.7 Å². The number of fused-ring (bicyclic) bond motifs is 1. The summed E-state index contributed by atoms with van der Waals surface area (Å²) in [6.07, 6.45) is 1.33. The molecule has 1 atom stereocenters. The second-order valence-electron chi connectivity index (χ2n) is 4.17. The van der Waals surface area contributed by atoms with Gasteiger partial charge in [0, 0.05) is 14.0 Å². The third-order valence-corrected chi connectivity index (χ3v) is 2.65. The van der Waals surface area contributed by atoms with E-state index in [4.69, 9.17) is 5.11 Å². The fourth-order valence-electron chi connectivity index (χ4n) is 1.70. The van der Waals surface area contributed by atoms with E-state index in [0.29, 0.717) is 5.65 Å². The maximum absolute atomic E-state index is 12.1. The van der Waals surface area contributed by atoms with Crippen LogP contribution in [0, 0.1) is 0 Å². The minimum atomic E-state index is -1.26. The predicted molar refractivity (Wildman–Crippen MR) is 65.8 cm³/mol. The standard InChI is InChI=1S/C10H12N6O4/c1-5(17)12-7(10(19)20)4-16-9(18)6-3-11-15(2)8(6)13-14-16/h3,7H,4H2,1-2H3,(H,12,17)(H,19,20). The van der Waals surface area contributed by atoms with E-state index in [1.165, 1.54) is 17.8 Å². The van der Waals surface area contributed by atoms with Crippen molar-refractivity contribution in [1.82, 2.24) is 30.1 Å². The van der Waals surface area contributed by atoms with Crippen molar-refractivity contribution in [1.29, 1.82) is 0 Å². The second-order valence-corrected chi connectivity index (χ2v) is 4.17. The Labute approximate surface area is 112 Å². The molecule has 0 aliphatic heterocycles. The van der Waals surface area contributed by atoms with Gasteiger partial charge in [-0.2, -0.15) is 5.10 Å². The van der Waals surface area contributed by atoms with Crippen molar-refractivity contribution in [3.05, 3.63) is 16.6 Å². The summed E-state index contributed by atoms with van der Waals surface area (Å²) in [5, 5.41) is 22.8. The molecule has 0 bridgehead atoms. The Kier molecular flexibility index (Phi) is 3.46. The molecule has 2 heterocycles. The number of amides is 1. The van der Waals surface area contributed by atoms with Crippen LogP contribution in [-0.2, 0) is 23.2 Å². The molecule has 10 heteroatoms. The van der Waals surface area contributed by atoms with E-state index in [1.54, 1.807) is 7.05 Å². The first-order valence-electron chi connectivity index (χ1n) is 5.65. The normalized spacial score (nSPS) is 12.3. The first-order valence-corrected chi connectivity index (χ1v) is 5.65. The van der Waals surface area contributed by atoms with Gasteiger partial charge in [0.25, 0.3) is 5.56 Å². The molecule has 2 rings (SSSR count). The topological polar surface area (TPSA) is 132 Å². The summed E-state index contributed by atoms with van der Waals surface area (Å²) in [7, 11) is 1.61. The zero-order valence-electron chi connectivity index (χ0n) is 10.8. The molecule has 0 saturated heterocycles. The lowest BCUT2D eigenvalue weighted by molar-refractivity contribution is -0.142. The van der Waals surface area contributed by atoms with Gasteiger partial charge in [-0.25, -0.2) is 14.2 Å². The van der Waals surface area contributed by atoms with Crippen LogP contribution in [0.5, 0.6) is 0 Å². The molecule has 0 aliphatic rings. The highest BCUT2D eigenvalue weighted by Gasteiger charge is 2.21. The number of hydrogen-bond acceptors (Lipinski definition) is 6. The molecule has 2 N–H and O–H groups in total. The lowest BCUT2D eigenvalue weighted by Gasteiger charge is -2.13. The lowest BCUT2D eigenvalue weighted by Crippen LogP contribution is -2.45. The van der Waals surface area contributed by atoms with Gasteiger partial charge in [-0.3, -0.25) is 9.59 Å². The number of rotatable bonds is 4. The third kappa shape index (κ3) is 2.48. The van der Waals surface area contributed by atoms with Gasteiger partial charge in [-0.15, -0.1) is 5.10 Å². The first-order chi connectivity index (χ1) is 9.40. The van der Waals surface area contributed by atoms with Crippen LogP contribution in [0.4, 0.5) is 0 Å². The molecule has 0 spiro atoms. The quantitative estimate of drug-likeness (QED) is 0.669. The van der Waals surface area contributed by atoms with Crippen molar-refractivity contribution in [2.45, 2.75) is 19.5 Å². The largest absolute Gasteiger partial charge is 0.480 e. The Morgan fingerprint density at radius 1 is 1.50 bits per heavy atom. The minimum Gasteiger partial charge on any atom is -0.480 e. The van der Waals surface area contributed by atoms with Crippen LogP contribution >= 0.6 is 0 Å². The summed E-state index contributed by atoms with van der Waals surface area (Å²) in [5.74, 6) is -1.78. The SMILES string of the molecule is CC(=O)NC(Cn1nnc2c(cnn2C)c1=O)C(=O)O. The van der Waals surface area contributed by atoms with E-state index in [1.807, 2.05) is 0 Å². The predicted octanol–water partition coefficient (Wildman–Crippen LogP) is -1.89. The van der Waals surface area contributed by atoms with Gasteiger partial charge < -0.3 is 10.4 Å². The van der Waals surface area contributed by atoms with E-state index in [-0.39, 0.29) is 11.9 Å². The number of carbonyl (C=O) groups is 2. The monoisotopic (exact) mass is 280 g/mol. The number of hydrogen-bond donors (Lipinski definition) is 2. The van der Waals surface area contributed by atoms with Crippen molar-refractivity contribution in [2.75, 3.05) is 0 Å². The number of aromatic nitrogens is 5. The summed E-state index contributed by atoms with van der Waals surface area (Å²) in [6.45, 7) is 0.875. The Balaban J connectivity index is 2.37. The molecule has 0 saturated carbocycles. The fourth-order valence-corrected chi connectivity index (χ4v) is 1.70. The number of carbonyl (C=O) groups excluding carboxylic acids is 1. The Hall–Kier alpha value is -2.78. The molecule has 0 fully saturated rings. The summed E-state index contributed by atoms with van der Waals surface area (Å²) >= 11 is 0. The molecule has 2 aromatic rings. The van der Waals surface area contributed by atoms with Crippen LogP contribution in [0.15, 0.2) is 11.0 Å². The van der Waals surface area contributed by atoms with Crippen LogP contribution in [0.1, 0.15) is 6.92 Å². The van der Waals surface area contributed by atoms with Crippen molar-refractivity contribution in [3.8, 4) is 0 Å². The number of nitrogens with one attached hydrogen (secondary N) is 1. The van der Waals surface area contributed by atoms with Gasteiger partial charge in [-0.05, 0) is 0 Å². The molecule has 10 nitrogen and oxygen atoms in total. The van der Waals surface area contributed by atoms with Crippen LogP contribution in [0.3, 0.4) is 0 Å². The molecule has 1 unspecified atom stereocenters. The van der Waals surface area contributed by atoms with Crippen LogP contribution < -0.4 is 10.9 Å². The Bertz CT molecular complexity index is 733. The molecule has 0 aromatic carbocycles. The number of nitrogens with zero attached hydrogens (tertiary/aromatic N) is 5. The number of aryl methyl sites for hydroxylation is 1. The van der Waals surface area contributed by atoms with E-state index in [2.05, 4.69) is 20.7 Å². The zero-order valence-corrected chi connectivity index (χ0v) is 10.8. The van der Waals surface area contributed by atoms with Gasteiger partial charge in [-0.1, -0.05) is 5.21 Å². The summed E-state index contributed by atoms with van der Waals surface area (Å²) < 4.78 is 2.27. The average Bonchev–Trinajstić information content (AvgIpc) is 2.73. The molecule has 106 valence electrons. The number of aliphatic carboxylic acids is 1. The number of carboxylic acids is 1. The zero-order chi connectivity index (χ0) is 14.9. The highest BCUT2D eigenvalue weighted by Crippen LogP contribution is 2.02. The lowest BCUT2D eigenvalue weighted by atomic mass is 10.3. The molecule has 0 aliphatic carbocycles. The molecular formula is C10H12N6O4.